The quantitative estimate of drug-likeness (QED) is 0.748. The zero-order chi connectivity index (χ0) is 13.1. The molecule has 1 heterocycles. The number of halogens is 3. The first kappa shape index (κ1) is 13.2. The fourth-order valence-electron chi connectivity index (χ4n) is 1.56. The lowest BCUT2D eigenvalue weighted by Gasteiger charge is -2.08. The van der Waals surface area contributed by atoms with Gasteiger partial charge in [0.2, 0.25) is 0 Å². The molecule has 0 N–H and O–H groups in total. The van der Waals surface area contributed by atoms with E-state index in [1.807, 2.05) is 12.1 Å². The molecule has 18 heavy (non-hydrogen) atoms. The van der Waals surface area contributed by atoms with Crippen LogP contribution < -0.4 is 0 Å². The predicted molar refractivity (Wildman–Crippen MR) is 74.0 cm³/mol. The summed E-state index contributed by atoms with van der Waals surface area (Å²) in [6, 6.07) is 10.9. The second-order valence-electron chi connectivity index (χ2n) is 3.58. The Labute approximate surface area is 120 Å². The molecule has 0 radical (unpaired) electrons. The van der Waals surface area contributed by atoms with E-state index in [-0.39, 0.29) is 6.42 Å². The molecule has 0 amide bonds. The van der Waals surface area contributed by atoms with Gasteiger partial charge in [0.1, 0.15) is 5.15 Å². The molecule has 2 aromatic rings. The lowest BCUT2D eigenvalue weighted by molar-refractivity contribution is 1.12. The first-order valence-electron chi connectivity index (χ1n) is 5.10. The summed E-state index contributed by atoms with van der Waals surface area (Å²) in [5.74, 6) is 0. The SMILES string of the molecule is N#CCc1ccc(-c2cccc(Cl)c2Cl)c(Cl)n1. The van der Waals surface area contributed by atoms with Gasteiger partial charge in [-0.05, 0) is 18.2 Å². The van der Waals surface area contributed by atoms with E-state index in [0.29, 0.717) is 26.5 Å². The molecule has 0 fully saturated rings. The fourth-order valence-corrected chi connectivity index (χ4v) is 2.24. The number of benzene rings is 1. The number of aromatic nitrogens is 1. The highest BCUT2D eigenvalue weighted by atomic mass is 35.5. The molecule has 5 heteroatoms. The maximum absolute atomic E-state index is 8.61. The molecule has 1 aromatic heterocycles. The Bertz CT molecular complexity index is 633. The highest BCUT2D eigenvalue weighted by Crippen LogP contribution is 2.36. The van der Waals surface area contributed by atoms with E-state index in [1.54, 1.807) is 24.3 Å². The van der Waals surface area contributed by atoms with Crippen LogP contribution in [0.4, 0.5) is 0 Å². The summed E-state index contributed by atoms with van der Waals surface area (Å²) in [5, 5.41) is 9.82. The Kier molecular flexibility index (Phi) is 4.08. The first-order valence-corrected chi connectivity index (χ1v) is 6.23. The number of hydrogen-bond acceptors (Lipinski definition) is 2. The van der Waals surface area contributed by atoms with E-state index in [2.05, 4.69) is 4.98 Å². The van der Waals surface area contributed by atoms with Crippen LogP contribution in [0.3, 0.4) is 0 Å². The van der Waals surface area contributed by atoms with Crippen LogP contribution in [-0.4, -0.2) is 4.98 Å². The highest BCUT2D eigenvalue weighted by molar-refractivity contribution is 6.44. The van der Waals surface area contributed by atoms with Crippen LogP contribution >= 0.6 is 34.8 Å². The van der Waals surface area contributed by atoms with E-state index in [9.17, 15) is 0 Å². The summed E-state index contributed by atoms with van der Waals surface area (Å²) in [4.78, 5) is 4.15. The van der Waals surface area contributed by atoms with Crippen molar-refractivity contribution >= 4 is 34.8 Å². The molecule has 0 aliphatic carbocycles. The standard InChI is InChI=1S/C13H7Cl3N2/c14-11-3-1-2-9(12(11)15)10-5-4-8(6-7-17)18-13(10)16/h1-5H,6H2. The molecule has 1 aromatic carbocycles. The molecule has 0 aliphatic heterocycles. The van der Waals surface area contributed by atoms with Crippen molar-refractivity contribution in [3.63, 3.8) is 0 Å². The minimum atomic E-state index is 0.225. The molecular weight excluding hydrogens is 291 g/mol. The molecule has 0 saturated carbocycles. The highest BCUT2D eigenvalue weighted by Gasteiger charge is 2.11. The molecule has 0 aliphatic rings. The first-order chi connectivity index (χ1) is 8.63. The molecule has 0 saturated heterocycles. The van der Waals surface area contributed by atoms with Gasteiger partial charge in [-0.25, -0.2) is 4.98 Å². The third-order valence-electron chi connectivity index (χ3n) is 2.41. The van der Waals surface area contributed by atoms with Crippen molar-refractivity contribution in [2.24, 2.45) is 0 Å². The maximum atomic E-state index is 8.61. The van der Waals surface area contributed by atoms with Gasteiger partial charge >= 0.3 is 0 Å². The van der Waals surface area contributed by atoms with Crippen LogP contribution in [-0.2, 0) is 6.42 Å². The monoisotopic (exact) mass is 296 g/mol. The summed E-state index contributed by atoms with van der Waals surface area (Å²) in [7, 11) is 0. The lowest BCUT2D eigenvalue weighted by Crippen LogP contribution is -1.91. The van der Waals surface area contributed by atoms with E-state index in [0.717, 1.165) is 5.56 Å². The Balaban J connectivity index is 2.52. The van der Waals surface area contributed by atoms with Crippen molar-refractivity contribution in [3.05, 3.63) is 51.2 Å². The van der Waals surface area contributed by atoms with Crippen LogP contribution in [0.2, 0.25) is 15.2 Å². The predicted octanol–water partition coefficient (Wildman–Crippen LogP) is 4.77. The Morgan fingerprint density at radius 1 is 1.06 bits per heavy atom. The van der Waals surface area contributed by atoms with Crippen molar-refractivity contribution < 1.29 is 0 Å². The molecule has 2 rings (SSSR count). The number of nitrogens with zero attached hydrogens (tertiary/aromatic N) is 2. The van der Waals surface area contributed by atoms with Gasteiger partial charge in [0.15, 0.2) is 0 Å². The average Bonchev–Trinajstić information content (AvgIpc) is 2.34. The number of rotatable bonds is 2. The summed E-state index contributed by atoms with van der Waals surface area (Å²) in [6.45, 7) is 0. The zero-order valence-corrected chi connectivity index (χ0v) is 11.4. The summed E-state index contributed by atoms with van der Waals surface area (Å²) in [5.41, 5.74) is 2.06. The molecule has 0 spiro atoms. The van der Waals surface area contributed by atoms with Gasteiger partial charge in [-0.15, -0.1) is 0 Å². The third-order valence-corrected chi connectivity index (χ3v) is 3.52. The van der Waals surface area contributed by atoms with Gasteiger partial charge in [-0.1, -0.05) is 46.9 Å². The molecule has 2 nitrogen and oxygen atoms in total. The molecule has 0 unspecified atom stereocenters. The molecule has 0 atom stereocenters. The van der Waals surface area contributed by atoms with Crippen molar-refractivity contribution in [3.8, 4) is 17.2 Å². The van der Waals surface area contributed by atoms with E-state index in [1.165, 1.54) is 0 Å². The number of pyridine rings is 1. The van der Waals surface area contributed by atoms with Crippen LogP contribution in [0, 0.1) is 11.3 Å². The molecule has 90 valence electrons. The smallest absolute Gasteiger partial charge is 0.137 e. The van der Waals surface area contributed by atoms with Crippen LogP contribution in [0.1, 0.15) is 5.69 Å². The van der Waals surface area contributed by atoms with Crippen LogP contribution in [0.15, 0.2) is 30.3 Å². The average molecular weight is 298 g/mol. The van der Waals surface area contributed by atoms with Crippen LogP contribution in [0.5, 0.6) is 0 Å². The summed E-state index contributed by atoms with van der Waals surface area (Å²) in [6.07, 6.45) is 0.225. The summed E-state index contributed by atoms with van der Waals surface area (Å²) < 4.78 is 0. The Morgan fingerprint density at radius 3 is 2.50 bits per heavy atom. The zero-order valence-electron chi connectivity index (χ0n) is 9.12. The van der Waals surface area contributed by atoms with Crippen molar-refractivity contribution in [1.82, 2.24) is 4.98 Å². The van der Waals surface area contributed by atoms with E-state index in [4.69, 9.17) is 40.1 Å². The van der Waals surface area contributed by atoms with Gasteiger partial charge in [-0.3, -0.25) is 0 Å². The second-order valence-corrected chi connectivity index (χ2v) is 4.72. The van der Waals surface area contributed by atoms with Crippen LogP contribution in [0.25, 0.3) is 11.1 Å². The lowest BCUT2D eigenvalue weighted by atomic mass is 10.1. The Morgan fingerprint density at radius 2 is 1.83 bits per heavy atom. The van der Waals surface area contributed by atoms with E-state index >= 15 is 0 Å². The van der Waals surface area contributed by atoms with Gasteiger partial charge in [0, 0.05) is 11.1 Å². The minimum Gasteiger partial charge on any atom is -0.239 e. The molecule has 0 bridgehead atoms. The normalized spacial score (nSPS) is 10.1. The number of nitriles is 1. The molecular formula is C13H7Cl3N2. The second kappa shape index (κ2) is 5.58. The fraction of sp³-hybridized carbons (Fsp3) is 0.0769. The van der Waals surface area contributed by atoms with Gasteiger partial charge in [-0.2, -0.15) is 5.26 Å². The van der Waals surface area contributed by atoms with E-state index < -0.39 is 0 Å². The Hall–Kier alpha value is -1.27. The van der Waals surface area contributed by atoms with Gasteiger partial charge in [0.05, 0.1) is 28.2 Å². The van der Waals surface area contributed by atoms with Crippen molar-refractivity contribution in [2.45, 2.75) is 6.42 Å². The third kappa shape index (κ3) is 2.59. The largest absolute Gasteiger partial charge is 0.239 e. The maximum Gasteiger partial charge on any atom is 0.137 e. The topological polar surface area (TPSA) is 36.7 Å². The van der Waals surface area contributed by atoms with Crippen molar-refractivity contribution in [1.29, 1.82) is 5.26 Å². The van der Waals surface area contributed by atoms with Gasteiger partial charge < -0.3 is 0 Å². The van der Waals surface area contributed by atoms with Crippen molar-refractivity contribution in [2.75, 3.05) is 0 Å². The summed E-state index contributed by atoms with van der Waals surface area (Å²) >= 11 is 18.2. The van der Waals surface area contributed by atoms with Gasteiger partial charge in [0.25, 0.3) is 0 Å². The number of hydrogen-bond donors (Lipinski definition) is 0. The minimum absolute atomic E-state index is 0.225.